The fourth-order valence-corrected chi connectivity index (χ4v) is 1.74. The van der Waals surface area contributed by atoms with Gasteiger partial charge in [-0.05, 0) is 31.9 Å². The van der Waals surface area contributed by atoms with Crippen molar-refractivity contribution >= 4 is 28.5 Å². The van der Waals surface area contributed by atoms with Gasteiger partial charge < -0.3 is 4.90 Å². The van der Waals surface area contributed by atoms with Crippen molar-refractivity contribution in [3.63, 3.8) is 0 Å². The Balaban J connectivity index is 2.58. The fourth-order valence-electron chi connectivity index (χ4n) is 1.57. The first-order chi connectivity index (χ1) is 7.95. The maximum absolute atomic E-state index is 5.92. The van der Waals surface area contributed by atoms with E-state index in [4.69, 9.17) is 11.6 Å². The molecule has 6 heteroatoms. The predicted molar refractivity (Wildman–Crippen MR) is 69.5 cm³/mol. The van der Waals surface area contributed by atoms with Crippen LogP contribution in [0.4, 0.5) is 5.82 Å². The molecule has 2 rings (SSSR count). The predicted octanol–water partition coefficient (Wildman–Crippen LogP) is 2.63. The Hall–Kier alpha value is -1.36. The second kappa shape index (κ2) is 4.14. The van der Waals surface area contributed by atoms with Gasteiger partial charge in [0.15, 0.2) is 5.65 Å². The molecular weight excluding hydrogens is 238 g/mol. The molecule has 0 atom stereocenters. The SMILES string of the molecule is CCC(C)(C)N(C)c1nc(Cl)nc2[nH]ncc12. The Morgan fingerprint density at radius 3 is 2.76 bits per heavy atom. The summed E-state index contributed by atoms with van der Waals surface area (Å²) in [5.41, 5.74) is 0.667. The quantitative estimate of drug-likeness (QED) is 0.855. The monoisotopic (exact) mass is 253 g/mol. The van der Waals surface area contributed by atoms with Crippen LogP contribution in [0, 0.1) is 0 Å². The number of rotatable bonds is 3. The number of aromatic amines is 1. The van der Waals surface area contributed by atoms with Gasteiger partial charge in [-0.15, -0.1) is 0 Å². The maximum atomic E-state index is 5.92. The van der Waals surface area contributed by atoms with E-state index in [0.717, 1.165) is 17.6 Å². The Kier molecular flexibility index (Phi) is 2.95. The number of aromatic nitrogens is 4. The summed E-state index contributed by atoms with van der Waals surface area (Å²) < 4.78 is 0. The molecule has 0 fully saturated rings. The molecule has 0 spiro atoms. The van der Waals surface area contributed by atoms with Crippen LogP contribution in [0.15, 0.2) is 6.20 Å². The summed E-state index contributed by atoms with van der Waals surface area (Å²) in [4.78, 5) is 10.5. The van der Waals surface area contributed by atoms with Crippen LogP contribution in [-0.2, 0) is 0 Å². The maximum Gasteiger partial charge on any atom is 0.226 e. The van der Waals surface area contributed by atoms with Gasteiger partial charge in [0.25, 0.3) is 0 Å². The normalized spacial score (nSPS) is 12.1. The highest BCUT2D eigenvalue weighted by Crippen LogP contribution is 2.29. The van der Waals surface area contributed by atoms with Crippen molar-refractivity contribution < 1.29 is 0 Å². The molecule has 0 bridgehead atoms. The second-order valence-electron chi connectivity index (χ2n) is 4.67. The van der Waals surface area contributed by atoms with E-state index in [1.54, 1.807) is 6.20 Å². The molecule has 92 valence electrons. The largest absolute Gasteiger partial charge is 0.354 e. The number of hydrogen-bond acceptors (Lipinski definition) is 4. The van der Waals surface area contributed by atoms with E-state index in [9.17, 15) is 0 Å². The number of halogens is 1. The minimum atomic E-state index is 0.00187. The lowest BCUT2D eigenvalue weighted by molar-refractivity contribution is 0.468. The van der Waals surface area contributed by atoms with Crippen molar-refractivity contribution in [1.82, 2.24) is 20.2 Å². The second-order valence-corrected chi connectivity index (χ2v) is 5.01. The van der Waals surface area contributed by atoms with Gasteiger partial charge in [0.05, 0.1) is 11.6 Å². The Morgan fingerprint density at radius 2 is 2.12 bits per heavy atom. The summed E-state index contributed by atoms with van der Waals surface area (Å²) >= 11 is 5.92. The first-order valence-corrected chi connectivity index (χ1v) is 5.94. The zero-order chi connectivity index (χ0) is 12.6. The molecule has 1 N–H and O–H groups in total. The van der Waals surface area contributed by atoms with Crippen molar-refractivity contribution in [2.45, 2.75) is 32.7 Å². The van der Waals surface area contributed by atoms with E-state index in [1.807, 2.05) is 7.05 Å². The van der Waals surface area contributed by atoms with E-state index >= 15 is 0 Å². The molecular formula is C11H16ClN5. The lowest BCUT2D eigenvalue weighted by Gasteiger charge is -2.36. The molecule has 0 radical (unpaired) electrons. The smallest absolute Gasteiger partial charge is 0.226 e. The summed E-state index contributed by atoms with van der Waals surface area (Å²) in [6.07, 6.45) is 2.73. The van der Waals surface area contributed by atoms with Crippen LogP contribution in [0.1, 0.15) is 27.2 Å². The molecule has 0 amide bonds. The summed E-state index contributed by atoms with van der Waals surface area (Å²) in [6.45, 7) is 6.47. The highest BCUT2D eigenvalue weighted by molar-refractivity contribution is 6.28. The summed E-state index contributed by atoms with van der Waals surface area (Å²) in [5.74, 6) is 0.806. The van der Waals surface area contributed by atoms with Crippen LogP contribution in [0.2, 0.25) is 5.28 Å². The molecule has 2 heterocycles. The first-order valence-electron chi connectivity index (χ1n) is 5.56. The average molecular weight is 254 g/mol. The number of nitrogens with one attached hydrogen (secondary N) is 1. The third kappa shape index (κ3) is 2.07. The number of anilines is 1. The van der Waals surface area contributed by atoms with Crippen LogP contribution >= 0.6 is 11.6 Å². The molecule has 0 aromatic carbocycles. The van der Waals surface area contributed by atoms with Crippen molar-refractivity contribution in [2.24, 2.45) is 0 Å². The number of nitrogens with zero attached hydrogens (tertiary/aromatic N) is 4. The highest BCUT2D eigenvalue weighted by Gasteiger charge is 2.25. The molecule has 0 saturated carbocycles. The third-order valence-electron chi connectivity index (χ3n) is 3.35. The molecule has 0 saturated heterocycles. The van der Waals surface area contributed by atoms with Gasteiger partial charge in [0, 0.05) is 12.6 Å². The molecule has 0 aliphatic rings. The number of H-pyrrole nitrogens is 1. The topological polar surface area (TPSA) is 57.7 Å². The molecule has 0 unspecified atom stereocenters. The summed E-state index contributed by atoms with van der Waals surface area (Å²) in [6, 6.07) is 0. The summed E-state index contributed by atoms with van der Waals surface area (Å²) in [7, 11) is 2.01. The van der Waals surface area contributed by atoms with Gasteiger partial charge in [-0.1, -0.05) is 6.92 Å². The summed E-state index contributed by atoms with van der Waals surface area (Å²) in [5, 5.41) is 7.91. The zero-order valence-electron chi connectivity index (χ0n) is 10.5. The average Bonchev–Trinajstić information content (AvgIpc) is 2.74. The standard InChI is InChI=1S/C11H16ClN5/c1-5-11(2,3)17(4)9-7-6-13-16-8(7)14-10(12)15-9/h6H,5H2,1-4H3,(H,13,14,15,16). The Labute approximate surface area is 105 Å². The first kappa shape index (κ1) is 12.1. The minimum absolute atomic E-state index is 0.00187. The Bertz CT molecular complexity index is 534. The molecule has 17 heavy (non-hydrogen) atoms. The van der Waals surface area contributed by atoms with Crippen LogP contribution in [0.5, 0.6) is 0 Å². The van der Waals surface area contributed by atoms with Gasteiger partial charge in [-0.2, -0.15) is 15.1 Å². The van der Waals surface area contributed by atoms with Crippen LogP contribution in [0.3, 0.4) is 0 Å². The lowest BCUT2D eigenvalue weighted by Crippen LogP contribution is -2.41. The molecule has 2 aromatic heterocycles. The van der Waals surface area contributed by atoms with Gasteiger partial charge in [0.1, 0.15) is 5.82 Å². The highest BCUT2D eigenvalue weighted by atomic mass is 35.5. The lowest BCUT2D eigenvalue weighted by atomic mass is 10.00. The van der Waals surface area contributed by atoms with E-state index in [-0.39, 0.29) is 10.8 Å². The van der Waals surface area contributed by atoms with Crippen LogP contribution in [-0.4, -0.2) is 32.8 Å². The van der Waals surface area contributed by atoms with Crippen LogP contribution < -0.4 is 4.90 Å². The van der Waals surface area contributed by atoms with Crippen LogP contribution in [0.25, 0.3) is 11.0 Å². The number of hydrogen-bond donors (Lipinski definition) is 1. The minimum Gasteiger partial charge on any atom is -0.354 e. The fraction of sp³-hybridized carbons (Fsp3) is 0.545. The van der Waals surface area contributed by atoms with Gasteiger partial charge in [-0.3, -0.25) is 5.10 Å². The molecule has 0 aliphatic carbocycles. The van der Waals surface area contributed by atoms with Gasteiger partial charge in [-0.25, -0.2) is 0 Å². The Morgan fingerprint density at radius 1 is 1.41 bits per heavy atom. The van der Waals surface area contributed by atoms with E-state index in [1.165, 1.54) is 0 Å². The van der Waals surface area contributed by atoms with Gasteiger partial charge in [0.2, 0.25) is 5.28 Å². The molecule has 0 aliphatic heterocycles. The molecule has 5 nitrogen and oxygen atoms in total. The van der Waals surface area contributed by atoms with E-state index < -0.39 is 0 Å². The van der Waals surface area contributed by atoms with Crippen molar-refractivity contribution in [1.29, 1.82) is 0 Å². The number of fused-ring (bicyclic) bond motifs is 1. The van der Waals surface area contributed by atoms with Crippen molar-refractivity contribution in [3.8, 4) is 0 Å². The molecule has 2 aromatic rings. The van der Waals surface area contributed by atoms with Crippen molar-refractivity contribution in [3.05, 3.63) is 11.5 Å². The van der Waals surface area contributed by atoms with Gasteiger partial charge >= 0.3 is 0 Å². The third-order valence-corrected chi connectivity index (χ3v) is 3.52. The van der Waals surface area contributed by atoms with E-state index in [2.05, 4.69) is 45.8 Å². The zero-order valence-corrected chi connectivity index (χ0v) is 11.2. The van der Waals surface area contributed by atoms with E-state index in [0.29, 0.717) is 5.65 Å². The van der Waals surface area contributed by atoms with Crippen molar-refractivity contribution in [2.75, 3.05) is 11.9 Å².